The molecular weight excluding hydrogens is 192 g/mol. The fourth-order valence-electron chi connectivity index (χ4n) is 0.996. The van der Waals surface area contributed by atoms with Gasteiger partial charge in [-0.3, -0.25) is 0 Å². The Morgan fingerprint density at radius 2 is 1.80 bits per heavy atom. The number of carboxylic acid groups (broad SMARTS) is 1. The monoisotopic (exact) mass is 212 g/mol. The van der Waals surface area contributed by atoms with Crippen LogP contribution in [0.3, 0.4) is 0 Å². The first-order chi connectivity index (χ1) is 6.84. The molecule has 0 N–H and O–H groups in total. The lowest BCUT2D eigenvalue weighted by Crippen LogP contribution is -2.33. The van der Waals surface area contributed by atoms with E-state index < -0.39 is 5.97 Å². The fourth-order valence-corrected chi connectivity index (χ4v) is 0.996. The van der Waals surface area contributed by atoms with Crippen LogP contribution in [0.2, 0.25) is 0 Å². The standard InChI is InChI=1S/C9H17N2.C2H4O2/c1-8(2)10-5-6-11(7-10)9(3)4;1-2(3)4/h5-9H,1-4H3;1H3,(H,3,4)/q+1;/p-1. The van der Waals surface area contributed by atoms with E-state index in [9.17, 15) is 0 Å². The largest absolute Gasteiger partial charge is 0.550 e. The van der Waals surface area contributed by atoms with E-state index in [1.54, 1.807) is 0 Å². The van der Waals surface area contributed by atoms with E-state index in [4.69, 9.17) is 9.90 Å². The maximum atomic E-state index is 8.89. The van der Waals surface area contributed by atoms with Crippen molar-refractivity contribution >= 4 is 5.97 Å². The first kappa shape index (κ1) is 13.7. The van der Waals surface area contributed by atoms with Crippen molar-refractivity contribution in [3.8, 4) is 0 Å². The summed E-state index contributed by atoms with van der Waals surface area (Å²) >= 11 is 0. The fraction of sp³-hybridized carbons (Fsp3) is 0.636. The molecule has 1 aromatic heterocycles. The van der Waals surface area contributed by atoms with Crippen molar-refractivity contribution in [1.29, 1.82) is 0 Å². The lowest BCUT2D eigenvalue weighted by Gasteiger charge is -1.99. The van der Waals surface area contributed by atoms with Gasteiger partial charge in [-0.05, 0) is 34.6 Å². The predicted molar refractivity (Wildman–Crippen MR) is 56.1 cm³/mol. The van der Waals surface area contributed by atoms with Crippen molar-refractivity contribution in [2.24, 2.45) is 0 Å². The summed E-state index contributed by atoms with van der Waals surface area (Å²) in [5.41, 5.74) is 0. The van der Waals surface area contributed by atoms with Crippen LogP contribution in [0.25, 0.3) is 0 Å². The highest BCUT2D eigenvalue weighted by atomic mass is 16.4. The first-order valence-electron chi connectivity index (χ1n) is 5.10. The smallest absolute Gasteiger partial charge is 0.244 e. The van der Waals surface area contributed by atoms with E-state index in [0.717, 1.165) is 6.92 Å². The molecule has 4 nitrogen and oxygen atoms in total. The molecule has 0 aliphatic rings. The minimum Gasteiger partial charge on any atom is -0.550 e. The second-order valence-electron chi connectivity index (χ2n) is 3.99. The Bertz CT molecular complexity index is 277. The molecule has 0 radical (unpaired) electrons. The van der Waals surface area contributed by atoms with Gasteiger partial charge in [-0.25, -0.2) is 9.13 Å². The Balaban J connectivity index is 0.000000423. The van der Waals surface area contributed by atoms with Gasteiger partial charge < -0.3 is 9.90 Å². The Labute approximate surface area is 91.2 Å². The average molecular weight is 212 g/mol. The summed E-state index contributed by atoms with van der Waals surface area (Å²) in [6.45, 7) is 9.71. The van der Waals surface area contributed by atoms with Gasteiger partial charge in [0.15, 0.2) is 0 Å². The van der Waals surface area contributed by atoms with Crippen molar-refractivity contribution in [3.63, 3.8) is 0 Å². The van der Waals surface area contributed by atoms with E-state index in [0.29, 0.717) is 12.1 Å². The summed E-state index contributed by atoms with van der Waals surface area (Å²) in [6, 6.07) is 1.13. The number of hydrogen-bond donors (Lipinski definition) is 0. The zero-order valence-corrected chi connectivity index (χ0v) is 10.1. The molecule has 1 rings (SSSR count). The average Bonchev–Trinajstić information content (AvgIpc) is 2.49. The summed E-state index contributed by atoms with van der Waals surface area (Å²) in [7, 11) is 0. The Morgan fingerprint density at radius 1 is 1.33 bits per heavy atom. The summed E-state index contributed by atoms with van der Waals surface area (Å²) in [5, 5.41) is 8.89. The Kier molecular flexibility index (Phi) is 5.67. The Hall–Kier alpha value is -1.32. The third-order valence-electron chi connectivity index (χ3n) is 1.87. The van der Waals surface area contributed by atoms with Crippen LogP contribution in [0.15, 0.2) is 18.7 Å². The molecule has 15 heavy (non-hydrogen) atoms. The van der Waals surface area contributed by atoms with Crippen molar-refractivity contribution in [1.82, 2.24) is 4.57 Å². The number of carboxylic acids is 1. The highest BCUT2D eigenvalue weighted by Gasteiger charge is 2.08. The van der Waals surface area contributed by atoms with E-state index in [1.165, 1.54) is 0 Å². The topological polar surface area (TPSA) is 48.9 Å². The molecule has 4 heteroatoms. The quantitative estimate of drug-likeness (QED) is 0.677. The van der Waals surface area contributed by atoms with E-state index in [-0.39, 0.29) is 0 Å². The molecule has 86 valence electrons. The van der Waals surface area contributed by atoms with Crippen LogP contribution in [0.4, 0.5) is 0 Å². The van der Waals surface area contributed by atoms with Crippen molar-refractivity contribution in [2.75, 3.05) is 0 Å². The molecular formula is C11H20N2O2. The van der Waals surface area contributed by atoms with Crippen LogP contribution in [0.1, 0.15) is 46.7 Å². The SMILES string of the molecule is CC(=O)[O-].CC(C)n1cc[n+](C(C)C)c1. The third kappa shape index (κ3) is 5.88. The van der Waals surface area contributed by atoms with Gasteiger partial charge >= 0.3 is 0 Å². The summed E-state index contributed by atoms with van der Waals surface area (Å²) in [6.07, 6.45) is 6.38. The van der Waals surface area contributed by atoms with Gasteiger partial charge in [-0.2, -0.15) is 0 Å². The number of aromatic nitrogens is 2. The van der Waals surface area contributed by atoms with Gasteiger partial charge in [-0.1, -0.05) is 0 Å². The van der Waals surface area contributed by atoms with Gasteiger partial charge in [0.05, 0.1) is 12.1 Å². The number of imidazole rings is 1. The van der Waals surface area contributed by atoms with Gasteiger partial charge in [0.2, 0.25) is 6.33 Å². The van der Waals surface area contributed by atoms with Crippen LogP contribution in [-0.4, -0.2) is 10.5 Å². The van der Waals surface area contributed by atoms with E-state index in [1.807, 2.05) is 0 Å². The zero-order valence-electron chi connectivity index (χ0n) is 10.1. The van der Waals surface area contributed by atoms with Crippen LogP contribution in [-0.2, 0) is 4.79 Å². The van der Waals surface area contributed by atoms with Crippen molar-refractivity contribution in [3.05, 3.63) is 18.7 Å². The normalized spacial score (nSPS) is 10.1. The van der Waals surface area contributed by atoms with Gasteiger partial charge in [0.1, 0.15) is 12.4 Å². The summed E-state index contributed by atoms with van der Waals surface area (Å²) in [5.74, 6) is -1.08. The van der Waals surface area contributed by atoms with Crippen molar-refractivity contribution in [2.45, 2.75) is 46.7 Å². The molecule has 0 saturated carbocycles. The molecule has 0 unspecified atom stereocenters. The van der Waals surface area contributed by atoms with E-state index >= 15 is 0 Å². The van der Waals surface area contributed by atoms with Crippen LogP contribution >= 0.6 is 0 Å². The lowest BCUT2D eigenvalue weighted by molar-refractivity contribution is -0.715. The second kappa shape index (κ2) is 6.22. The number of carbonyl (C=O) groups excluding carboxylic acids is 1. The molecule has 0 fully saturated rings. The number of nitrogens with zero attached hydrogens (tertiary/aromatic N) is 2. The first-order valence-corrected chi connectivity index (χ1v) is 5.10. The molecule has 0 aliphatic heterocycles. The van der Waals surface area contributed by atoms with Crippen LogP contribution in [0, 0.1) is 0 Å². The molecule has 0 aliphatic carbocycles. The molecule has 0 atom stereocenters. The summed E-state index contributed by atoms with van der Waals surface area (Å²) < 4.78 is 4.42. The molecule has 0 amide bonds. The molecule has 1 aromatic rings. The van der Waals surface area contributed by atoms with Crippen LogP contribution < -0.4 is 9.67 Å². The summed E-state index contributed by atoms with van der Waals surface area (Å²) in [4.78, 5) is 8.89. The highest BCUT2D eigenvalue weighted by Crippen LogP contribution is 2.01. The van der Waals surface area contributed by atoms with Crippen LogP contribution in [0.5, 0.6) is 0 Å². The minimum atomic E-state index is -1.08. The van der Waals surface area contributed by atoms with Crippen molar-refractivity contribution < 1.29 is 14.5 Å². The van der Waals surface area contributed by atoms with Gasteiger partial charge in [-0.15, -0.1) is 0 Å². The van der Waals surface area contributed by atoms with Gasteiger partial charge in [0, 0.05) is 5.97 Å². The highest BCUT2D eigenvalue weighted by molar-refractivity contribution is 5.60. The number of carbonyl (C=O) groups is 1. The molecule has 1 heterocycles. The minimum absolute atomic E-state index is 0.565. The Morgan fingerprint density at radius 3 is 2.00 bits per heavy atom. The third-order valence-corrected chi connectivity index (χ3v) is 1.87. The van der Waals surface area contributed by atoms with E-state index in [2.05, 4.69) is 55.6 Å². The lowest BCUT2D eigenvalue weighted by atomic mass is 10.4. The zero-order chi connectivity index (χ0) is 12.0. The second-order valence-corrected chi connectivity index (χ2v) is 3.99. The molecule has 0 bridgehead atoms. The maximum absolute atomic E-state index is 8.89. The molecule has 0 saturated heterocycles. The number of hydrogen-bond acceptors (Lipinski definition) is 2. The predicted octanol–water partition coefficient (Wildman–Crippen LogP) is 0.694. The molecule has 0 spiro atoms. The molecule has 0 aromatic carbocycles. The van der Waals surface area contributed by atoms with Gasteiger partial charge in [0.25, 0.3) is 0 Å². The maximum Gasteiger partial charge on any atom is 0.244 e. The number of aliphatic carboxylic acids is 1. The number of rotatable bonds is 2.